The van der Waals surface area contributed by atoms with Gasteiger partial charge in [-0.2, -0.15) is 0 Å². The number of ether oxygens (including phenoxy) is 3. The standard InChI is InChI=1S/C19H21Cl4N5O7/c20-13(21)18(31)33-4-9-11(29)12(30)17(34-9)28-6-26-10-15(24-5-25-16(10)28)27-7-2-1-3-8(7)35-19(32)14(22)23/h5-9,11-14,17,29-30H,1-4H2,(H,24,25,27)/t7?,8-,9-,11-,12-,17?/m1/s1. The molecule has 16 heteroatoms. The summed E-state index contributed by atoms with van der Waals surface area (Å²) in [5.41, 5.74) is 0.676. The lowest BCUT2D eigenvalue weighted by atomic mass is 10.1. The van der Waals surface area contributed by atoms with Crippen molar-refractivity contribution in [3.63, 3.8) is 0 Å². The van der Waals surface area contributed by atoms with E-state index >= 15 is 0 Å². The Labute approximate surface area is 218 Å². The summed E-state index contributed by atoms with van der Waals surface area (Å²) >= 11 is 22.1. The number of rotatable bonds is 8. The van der Waals surface area contributed by atoms with Crippen molar-refractivity contribution in [1.82, 2.24) is 19.5 Å². The van der Waals surface area contributed by atoms with E-state index in [4.69, 9.17) is 60.6 Å². The highest BCUT2D eigenvalue weighted by Crippen LogP contribution is 2.33. The number of imidazole rings is 1. The van der Waals surface area contributed by atoms with Crippen molar-refractivity contribution >= 4 is 75.3 Å². The summed E-state index contributed by atoms with van der Waals surface area (Å²) in [5, 5.41) is 24.1. The number of anilines is 1. The minimum atomic E-state index is -1.39. The zero-order valence-electron chi connectivity index (χ0n) is 17.8. The first-order valence-electron chi connectivity index (χ1n) is 10.6. The monoisotopic (exact) mass is 571 g/mol. The van der Waals surface area contributed by atoms with Crippen LogP contribution in [0.1, 0.15) is 25.5 Å². The van der Waals surface area contributed by atoms with Crippen LogP contribution in [0.3, 0.4) is 0 Å². The number of nitrogens with zero attached hydrogens (tertiary/aromatic N) is 4. The summed E-state index contributed by atoms with van der Waals surface area (Å²) < 4.78 is 17.4. The molecule has 0 radical (unpaired) electrons. The van der Waals surface area contributed by atoms with Crippen LogP contribution in [0.25, 0.3) is 11.2 Å². The number of aliphatic hydroxyl groups excluding tert-OH is 2. The molecule has 1 saturated carbocycles. The second-order valence-electron chi connectivity index (χ2n) is 7.98. The van der Waals surface area contributed by atoms with Crippen molar-refractivity contribution in [1.29, 1.82) is 0 Å². The van der Waals surface area contributed by atoms with Gasteiger partial charge in [0.25, 0.3) is 0 Å². The second kappa shape index (κ2) is 11.2. The van der Waals surface area contributed by atoms with E-state index < -0.39 is 52.3 Å². The van der Waals surface area contributed by atoms with Gasteiger partial charge in [0.15, 0.2) is 23.2 Å². The molecule has 2 unspecified atom stereocenters. The lowest BCUT2D eigenvalue weighted by Gasteiger charge is -2.22. The van der Waals surface area contributed by atoms with Gasteiger partial charge < -0.3 is 29.7 Å². The Balaban J connectivity index is 1.50. The normalized spacial score (nSPS) is 28.7. The molecule has 6 atom stereocenters. The third-order valence-electron chi connectivity index (χ3n) is 5.76. The van der Waals surface area contributed by atoms with Crippen molar-refractivity contribution in [3.8, 4) is 0 Å². The van der Waals surface area contributed by atoms with Crippen LogP contribution in [0, 0.1) is 0 Å². The molecule has 12 nitrogen and oxygen atoms in total. The van der Waals surface area contributed by atoms with Gasteiger partial charge in [-0.05, 0) is 19.3 Å². The maximum Gasteiger partial charge on any atom is 0.339 e. The molecule has 2 fully saturated rings. The fourth-order valence-corrected chi connectivity index (χ4v) is 4.31. The molecule has 2 aliphatic rings. The van der Waals surface area contributed by atoms with Gasteiger partial charge >= 0.3 is 11.9 Å². The first-order chi connectivity index (χ1) is 16.7. The van der Waals surface area contributed by atoms with Crippen molar-refractivity contribution < 1.29 is 34.0 Å². The molecular weight excluding hydrogens is 552 g/mol. The van der Waals surface area contributed by atoms with Crippen LogP contribution < -0.4 is 5.32 Å². The highest BCUT2D eigenvalue weighted by Gasteiger charge is 2.45. The first-order valence-corrected chi connectivity index (χ1v) is 12.3. The molecule has 2 aromatic heterocycles. The molecule has 0 bridgehead atoms. The topological polar surface area (TPSA) is 158 Å². The van der Waals surface area contributed by atoms with E-state index in [0.29, 0.717) is 29.8 Å². The van der Waals surface area contributed by atoms with E-state index in [0.717, 1.165) is 6.42 Å². The molecular formula is C19H21Cl4N5O7. The van der Waals surface area contributed by atoms with E-state index in [9.17, 15) is 19.8 Å². The Hall–Kier alpha value is -1.67. The largest absolute Gasteiger partial charge is 0.461 e. The average Bonchev–Trinajstić information content (AvgIpc) is 3.51. The van der Waals surface area contributed by atoms with Gasteiger partial charge in [-0.25, -0.2) is 24.5 Å². The van der Waals surface area contributed by atoms with E-state index in [1.54, 1.807) is 0 Å². The van der Waals surface area contributed by atoms with Crippen LogP contribution >= 0.6 is 46.4 Å². The molecule has 2 aromatic rings. The quantitative estimate of drug-likeness (QED) is 0.310. The van der Waals surface area contributed by atoms with Crippen LogP contribution in [0.15, 0.2) is 12.7 Å². The molecule has 35 heavy (non-hydrogen) atoms. The maximum atomic E-state index is 11.8. The lowest BCUT2D eigenvalue weighted by molar-refractivity contribution is -0.148. The van der Waals surface area contributed by atoms with Crippen LogP contribution in [0.5, 0.6) is 0 Å². The smallest absolute Gasteiger partial charge is 0.339 e. The summed E-state index contributed by atoms with van der Waals surface area (Å²) in [4.78, 5) is 33.5. The van der Waals surface area contributed by atoms with Crippen molar-refractivity contribution in [2.75, 3.05) is 11.9 Å². The van der Waals surface area contributed by atoms with Crippen LogP contribution in [0.2, 0.25) is 0 Å². The predicted octanol–water partition coefficient (Wildman–Crippen LogP) is 1.47. The zero-order valence-corrected chi connectivity index (χ0v) is 20.9. The summed E-state index contributed by atoms with van der Waals surface area (Å²) in [6, 6.07) is -0.254. The highest BCUT2D eigenvalue weighted by molar-refractivity contribution is 6.53. The molecule has 4 rings (SSSR count). The molecule has 1 saturated heterocycles. The van der Waals surface area contributed by atoms with Crippen molar-refractivity contribution in [3.05, 3.63) is 12.7 Å². The lowest BCUT2D eigenvalue weighted by Crippen LogP contribution is -2.34. The van der Waals surface area contributed by atoms with Crippen LogP contribution in [0.4, 0.5) is 5.82 Å². The number of aliphatic hydroxyl groups is 2. The predicted molar refractivity (Wildman–Crippen MR) is 124 cm³/mol. The van der Waals surface area contributed by atoms with Gasteiger partial charge in [0.2, 0.25) is 9.67 Å². The molecule has 3 N–H and O–H groups in total. The average molecular weight is 573 g/mol. The number of hydrogen-bond donors (Lipinski definition) is 3. The Kier molecular flexibility index (Phi) is 8.41. The molecule has 1 aliphatic heterocycles. The Morgan fingerprint density at radius 3 is 2.57 bits per heavy atom. The highest BCUT2D eigenvalue weighted by atomic mass is 35.5. The van der Waals surface area contributed by atoms with Gasteiger partial charge in [0.1, 0.15) is 37.4 Å². The SMILES string of the molecule is O=C(OC[C@H]1OC(n2cnc3c(NC4CCC[C@H]4OC(=O)C(Cl)Cl)ncnc32)[C@H](O)[C@@H]1O)C(Cl)Cl. The third kappa shape index (κ3) is 5.68. The number of nitrogens with one attached hydrogen (secondary N) is 1. The number of carbonyl (C=O) groups excluding carboxylic acids is 2. The van der Waals surface area contributed by atoms with Crippen LogP contribution in [-0.4, -0.2) is 88.4 Å². The number of carbonyl (C=O) groups is 2. The second-order valence-corrected chi connectivity index (χ2v) is 10.2. The Morgan fingerprint density at radius 1 is 1.11 bits per heavy atom. The van der Waals surface area contributed by atoms with E-state index in [1.807, 2.05) is 0 Å². The van der Waals surface area contributed by atoms with E-state index in [1.165, 1.54) is 17.2 Å². The van der Waals surface area contributed by atoms with Crippen LogP contribution in [-0.2, 0) is 23.8 Å². The summed E-state index contributed by atoms with van der Waals surface area (Å²) in [6.45, 7) is -0.370. The van der Waals surface area contributed by atoms with Gasteiger partial charge in [-0.1, -0.05) is 46.4 Å². The fraction of sp³-hybridized carbons (Fsp3) is 0.632. The Bertz CT molecular complexity index is 1070. The van der Waals surface area contributed by atoms with Crippen molar-refractivity contribution in [2.45, 2.75) is 65.6 Å². The molecule has 192 valence electrons. The molecule has 3 heterocycles. The Morgan fingerprint density at radius 2 is 1.86 bits per heavy atom. The summed E-state index contributed by atoms with van der Waals surface area (Å²) in [7, 11) is 0. The maximum absolute atomic E-state index is 11.8. The van der Waals surface area contributed by atoms with E-state index in [2.05, 4.69) is 20.3 Å². The van der Waals surface area contributed by atoms with E-state index in [-0.39, 0.29) is 12.6 Å². The summed E-state index contributed by atoms with van der Waals surface area (Å²) in [6.07, 6.45) is -0.470. The van der Waals surface area contributed by atoms with Gasteiger partial charge in [0, 0.05) is 0 Å². The number of halogens is 4. The molecule has 0 spiro atoms. The number of alkyl halides is 4. The van der Waals surface area contributed by atoms with Gasteiger partial charge in [-0.3, -0.25) is 4.57 Å². The number of aromatic nitrogens is 4. The molecule has 0 amide bonds. The zero-order chi connectivity index (χ0) is 25.3. The number of hydrogen-bond acceptors (Lipinski definition) is 11. The molecule has 0 aromatic carbocycles. The van der Waals surface area contributed by atoms with Gasteiger partial charge in [-0.15, -0.1) is 0 Å². The van der Waals surface area contributed by atoms with Gasteiger partial charge in [0.05, 0.1) is 12.4 Å². The third-order valence-corrected chi connectivity index (χ3v) is 6.47. The molecule has 1 aliphatic carbocycles. The number of fused-ring (bicyclic) bond motifs is 1. The van der Waals surface area contributed by atoms with Crippen molar-refractivity contribution in [2.24, 2.45) is 0 Å². The fourth-order valence-electron chi connectivity index (χ4n) is 4.08. The first kappa shape index (κ1) is 26.4. The minimum Gasteiger partial charge on any atom is -0.461 e. The minimum absolute atomic E-state index is 0.254. The number of esters is 2. The summed E-state index contributed by atoms with van der Waals surface area (Å²) in [5.74, 6) is -1.24.